The molecule has 2 heterocycles. The molecule has 3 rings (SSSR count). The molecule has 3 N–H and O–H groups in total. The smallest absolute Gasteiger partial charge is 0.358 e. The summed E-state index contributed by atoms with van der Waals surface area (Å²) in [6.07, 6.45) is 1.27. The maximum atomic E-state index is 12.7. The van der Waals surface area contributed by atoms with Crippen molar-refractivity contribution in [3.8, 4) is 0 Å². The van der Waals surface area contributed by atoms with Crippen molar-refractivity contribution in [1.82, 2.24) is 19.9 Å². The zero-order valence-electron chi connectivity index (χ0n) is 16.7. The summed E-state index contributed by atoms with van der Waals surface area (Å²) in [4.78, 5) is 7.89. The zero-order valence-corrected chi connectivity index (χ0v) is 17.5. The van der Waals surface area contributed by atoms with Crippen LogP contribution in [0.25, 0.3) is 10.9 Å². The fourth-order valence-electron chi connectivity index (χ4n) is 3.46. The summed E-state index contributed by atoms with van der Waals surface area (Å²) in [7, 11) is -5.26. The van der Waals surface area contributed by atoms with Crippen LogP contribution in [0, 0.1) is 0 Å². The predicted octanol–water partition coefficient (Wildman–Crippen LogP) is 2.58. The second-order valence-corrected chi connectivity index (χ2v) is 9.09. The van der Waals surface area contributed by atoms with Crippen LogP contribution in [0.15, 0.2) is 35.3 Å². The Morgan fingerprint density at radius 3 is 2.60 bits per heavy atom. The van der Waals surface area contributed by atoms with Crippen LogP contribution >= 0.6 is 0 Å². The Kier molecular flexibility index (Phi) is 6.91. The summed E-state index contributed by atoms with van der Waals surface area (Å²) in [6.45, 7) is 2.75. The normalized spacial score (nSPS) is 17.4. The molecule has 1 aromatic heterocycles. The van der Waals surface area contributed by atoms with Gasteiger partial charge in [0.25, 0.3) is 0 Å². The molecule has 1 aliphatic rings. The third kappa shape index (κ3) is 5.25. The number of sulfonamides is 1. The number of aromatic nitrogens is 1. The van der Waals surface area contributed by atoms with Gasteiger partial charge in [-0.2, -0.15) is 17.5 Å². The Hall–Kier alpha value is -2.27. The molecular formula is C19H26F3N5O2S. The van der Waals surface area contributed by atoms with Crippen LogP contribution in [0.3, 0.4) is 0 Å². The van der Waals surface area contributed by atoms with Crippen molar-refractivity contribution in [2.75, 3.05) is 26.2 Å². The highest BCUT2D eigenvalue weighted by Crippen LogP contribution is 2.28. The number of alkyl halides is 3. The number of piperidine rings is 1. The van der Waals surface area contributed by atoms with Crippen molar-refractivity contribution in [2.24, 2.45) is 4.99 Å². The topological polar surface area (TPSA) is 89.6 Å². The number of rotatable bonds is 6. The van der Waals surface area contributed by atoms with E-state index in [0.29, 0.717) is 29.8 Å². The molecule has 0 saturated carbocycles. The maximum Gasteiger partial charge on any atom is 0.511 e. The minimum Gasteiger partial charge on any atom is -0.358 e. The number of nitrogens with one attached hydrogen (secondary N) is 3. The number of aromatic amines is 1. The van der Waals surface area contributed by atoms with E-state index in [2.05, 4.69) is 26.7 Å². The van der Waals surface area contributed by atoms with E-state index in [1.165, 1.54) is 0 Å². The first kappa shape index (κ1) is 22.4. The molecule has 7 nitrogen and oxygen atoms in total. The molecule has 11 heteroatoms. The molecule has 1 aromatic carbocycles. The lowest BCUT2D eigenvalue weighted by molar-refractivity contribution is -0.0494. The van der Waals surface area contributed by atoms with Crippen LogP contribution < -0.4 is 10.6 Å². The fraction of sp³-hybridized carbons (Fsp3) is 0.526. The van der Waals surface area contributed by atoms with E-state index in [1.807, 2.05) is 31.2 Å². The third-order valence-electron chi connectivity index (χ3n) is 5.01. The number of fused-ring (bicyclic) bond motifs is 1. The van der Waals surface area contributed by atoms with Gasteiger partial charge in [-0.3, -0.25) is 4.99 Å². The molecular weight excluding hydrogens is 419 g/mol. The summed E-state index contributed by atoms with van der Waals surface area (Å²) in [5, 5.41) is 7.47. The molecule has 0 spiro atoms. The molecule has 1 fully saturated rings. The van der Waals surface area contributed by atoms with Gasteiger partial charge >= 0.3 is 15.5 Å². The number of H-pyrrole nitrogens is 1. The lowest BCUT2D eigenvalue weighted by atomic mass is 10.1. The van der Waals surface area contributed by atoms with Gasteiger partial charge in [-0.15, -0.1) is 0 Å². The fourth-order valence-corrected chi connectivity index (χ4v) is 4.44. The number of para-hydroxylation sites is 1. The highest BCUT2D eigenvalue weighted by molar-refractivity contribution is 7.90. The minimum absolute atomic E-state index is 0.143. The molecule has 0 amide bonds. The average Bonchev–Trinajstić information content (AvgIpc) is 3.10. The first-order valence-electron chi connectivity index (χ1n) is 9.88. The Morgan fingerprint density at radius 2 is 1.97 bits per heavy atom. The van der Waals surface area contributed by atoms with E-state index in [4.69, 9.17) is 0 Å². The number of benzene rings is 1. The maximum absolute atomic E-state index is 12.7. The summed E-state index contributed by atoms with van der Waals surface area (Å²) < 4.78 is 61.6. The van der Waals surface area contributed by atoms with Crippen LogP contribution in [0.4, 0.5) is 13.2 Å². The van der Waals surface area contributed by atoms with Gasteiger partial charge < -0.3 is 15.6 Å². The van der Waals surface area contributed by atoms with E-state index >= 15 is 0 Å². The van der Waals surface area contributed by atoms with Crippen LogP contribution in [-0.2, 0) is 16.4 Å². The third-order valence-corrected chi connectivity index (χ3v) is 6.64. The van der Waals surface area contributed by atoms with Gasteiger partial charge in [0, 0.05) is 49.9 Å². The van der Waals surface area contributed by atoms with Crippen molar-refractivity contribution in [3.05, 3.63) is 36.0 Å². The SMILES string of the molecule is CCNC(=NCCc1cc2ccccc2[nH]1)NC1CCN(S(=O)(=O)C(F)(F)F)CC1. The number of halogens is 3. The van der Waals surface area contributed by atoms with Gasteiger partial charge in [-0.25, -0.2) is 8.42 Å². The Labute approximate surface area is 173 Å². The van der Waals surface area contributed by atoms with Crippen LogP contribution in [0.5, 0.6) is 0 Å². The van der Waals surface area contributed by atoms with Gasteiger partial charge in [-0.1, -0.05) is 18.2 Å². The predicted molar refractivity (Wildman–Crippen MR) is 111 cm³/mol. The lowest BCUT2D eigenvalue weighted by Crippen LogP contribution is -2.51. The van der Waals surface area contributed by atoms with Gasteiger partial charge in [0.1, 0.15) is 0 Å². The molecule has 0 bridgehead atoms. The summed E-state index contributed by atoms with van der Waals surface area (Å²) in [6, 6.07) is 9.95. The van der Waals surface area contributed by atoms with E-state index in [-0.39, 0.29) is 32.0 Å². The van der Waals surface area contributed by atoms with Gasteiger partial charge in [-0.05, 0) is 37.3 Å². The van der Waals surface area contributed by atoms with E-state index in [0.717, 1.165) is 16.6 Å². The van der Waals surface area contributed by atoms with Crippen molar-refractivity contribution in [3.63, 3.8) is 0 Å². The van der Waals surface area contributed by atoms with Crippen LogP contribution in [0.1, 0.15) is 25.5 Å². The molecule has 1 aliphatic heterocycles. The van der Waals surface area contributed by atoms with Gasteiger partial charge in [0.2, 0.25) is 0 Å². The number of guanidine groups is 1. The summed E-state index contributed by atoms with van der Waals surface area (Å²) in [5.41, 5.74) is -3.12. The lowest BCUT2D eigenvalue weighted by Gasteiger charge is -2.32. The molecule has 166 valence electrons. The summed E-state index contributed by atoms with van der Waals surface area (Å²) >= 11 is 0. The van der Waals surface area contributed by atoms with Crippen LogP contribution in [0.2, 0.25) is 0 Å². The monoisotopic (exact) mass is 445 g/mol. The second-order valence-electron chi connectivity index (χ2n) is 7.16. The Balaban J connectivity index is 1.54. The zero-order chi connectivity index (χ0) is 21.8. The van der Waals surface area contributed by atoms with Crippen molar-refractivity contribution in [2.45, 2.75) is 37.7 Å². The largest absolute Gasteiger partial charge is 0.511 e. The van der Waals surface area contributed by atoms with E-state index in [9.17, 15) is 21.6 Å². The quantitative estimate of drug-likeness (QED) is 0.471. The summed E-state index contributed by atoms with van der Waals surface area (Å²) in [5.74, 6) is 0.575. The molecule has 0 aliphatic carbocycles. The van der Waals surface area contributed by atoms with Gasteiger partial charge in [0.15, 0.2) is 5.96 Å². The molecule has 0 radical (unpaired) electrons. The second kappa shape index (κ2) is 9.25. The first-order valence-corrected chi connectivity index (χ1v) is 11.3. The van der Waals surface area contributed by atoms with E-state index in [1.54, 1.807) is 0 Å². The van der Waals surface area contributed by atoms with Crippen molar-refractivity contribution < 1.29 is 21.6 Å². The highest BCUT2D eigenvalue weighted by Gasteiger charge is 2.50. The first-order chi connectivity index (χ1) is 14.2. The molecule has 2 aromatic rings. The van der Waals surface area contributed by atoms with Crippen molar-refractivity contribution in [1.29, 1.82) is 0 Å². The van der Waals surface area contributed by atoms with Crippen LogP contribution in [-0.4, -0.2) is 61.4 Å². The molecule has 1 saturated heterocycles. The Morgan fingerprint density at radius 1 is 1.27 bits per heavy atom. The van der Waals surface area contributed by atoms with Gasteiger partial charge in [0.05, 0.1) is 0 Å². The highest BCUT2D eigenvalue weighted by atomic mass is 32.2. The minimum atomic E-state index is -5.26. The number of hydrogen-bond acceptors (Lipinski definition) is 3. The number of hydrogen-bond donors (Lipinski definition) is 3. The molecule has 0 unspecified atom stereocenters. The standard InChI is InChI=1S/C19H26F3N5O2S/c1-2-23-18(24-10-7-16-13-14-5-3-4-6-17(14)25-16)26-15-8-11-27(12-9-15)30(28,29)19(20,21)22/h3-6,13,15,25H,2,7-12H2,1H3,(H2,23,24,26). The van der Waals surface area contributed by atoms with Crippen molar-refractivity contribution >= 4 is 26.9 Å². The number of nitrogens with zero attached hydrogens (tertiary/aromatic N) is 2. The Bertz CT molecular complexity index is 946. The average molecular weight is 446 g/mol. The number of aliphatic imine (C=N–C) groups is 1. The van der Waals surface area contributed by atoms with E-state index < -0.39 is 15.5 Å². The molecule has 0 atom stereocenters. The molecule has 30 heavy (non-hydrogen) atoms.